The Bertz CT molecular complexity index is 682. The molecule has 24 heavy (non-hydrogen) atoms. The van der Waals surface area contributed by atoms with Crippen LogP contribution in [0.2, 0.25) is 0 Å². The summed E-state index contributed by atoms with van der Waals surface area (Å²) in [5.74, 6) is -1.01. The van der Waals surface area contributed by atoms with Crippen LogP contribution in [0.5, 0.6) is 0 Å². The smallest absolute Gasteiger partial charge is 0.408 e. The lowest BCUT2D eigenvalue weighted by Crippen LogP contribution is -2.32. The van der Waals surface area contributed by atoms with E-state index in [1.54, 1.807) is 12.5 Å². The highest BCUT2D eigenvalue weighted by Gasteiger charge is 2.23. The van der Waals surface area contributed by atoms with Crippen molar-refractivity contribution in [1.82, 2.24) is 14.9 Å². The fourth-order valence-electron chi connectivity index (χ4n) is 2.33. The molecule has 0 aliphatic carbocycles. The van der Waals surface area contributed by atoms with E-state index in [2.05, 4.69) is 10.3 Å². The quantitative estimate of drug-likeness (QED) is 0.813. The van der Waals surface area contributed by atoms with Gasteiger partial charge in [0.2, 0.25) is 0 Å². The van der Waals surface area contributed by atoms with Gasteiger partial charge in [-0.25, -0.2) is 9.78 Å². The van der Waals surface area contributed by atoms with Crippen molar-refractivity contribution in [2.75, 3.05) is 0 Å². The Morgan fingerprint density at radius 2 is 2.00 bits per heavy atom. The van der Waals surface area contributed by atoms with E-state index < -0.39 is 18.1 Å². The van der Waals surface area contributed by atoms with Gasteiger partial charge in [0.15, 0.2) is 0 Å². The molecule has 128 valence electrons. The molecular formula is C17H21N3O4. The summed E-state index contributed by atoms with van der Waals surface area (Å²) < 4.78 is 6.99. The summed E-state index contributed by atoms with van der Waals surface area (Å²) in [6.45, 7) is 4.03. The van der Waals surface area contributed by atoms with Gasteiger partial charge in [-0.3, -0.25) is 4.79 Å². The molecule has 2 rings (SSSR count). The highest BCUT2D eigenvalue weighted by molar-refractivity contribution is 5.71. The molecule has 0 saturated heterocycles. The summed E-state index contributed by atoms with van der Waals surface area (Å²) in [4.78, 5) is 27.2. The van der Waals surface area contributed by atoms with Crippen molar-refractivity contribution in [2.24, 2.45) is 0 Å². The summed E-state index contributed by atoms with van der Waals surface area (Å²) in [6, 6.07) is 8.65. The second-order valence-electron chi connectivity index (χ2n) is 5.68. The minimum absolute atomic E-state index is 0.0981. The number of aromatic nitrogens is 2. The normalized spacial score (nSPS) is 12.0. The van der Waals surface area contributed by atoms with Crippen molar-refractivity contribution in [2.45, 2.75) is 39.0 Å². The number of carbonyl (C=O) groups excluding carboxylic acids is 1. The number of imidazole rings is 1. The van der Waals surface area contributed by atoms with Crippen LogP contribution in [-0.4, -0.2) is 26.7 Å². The molecule has 1 atom stereocenters. The maximum absolute atomic E-state index is 12.0. The number of amides is 1. The van der Waals surface area contributed by atoms with Gasteiger partial charge >= 0.3 is 12.1 Å². The number of carboxylic acid groups (broad SMARTS) is 1. The Morgan fingerprint density at radius 3 is 2.62 bits per heavy atom. The second kappa shape index (κ2) is 8.14. The SMILES string of the molecule is CC(C)n1cncc1[C@H](CC(=O)O)NC(=O)OCc1ccccc1. The van der Waals surface area contributed by atoms with Crippen molar-refractivity contribution in [3.05, 3.63) is 54.1 Å². The third-order valence-corrected chi connectivity index (χ3v) is 3.49. The molecular weight excluding hydrogens is 310 g/mol. The molecule has 0 unspecified atom stereocenters. The van der Waals surface area contributed by atoms with E-state index in [0.29, 0.717) is 5.69 Å². The monoisotopic (exact) mass is 331 g/mol. The van der Waals surface area contributed by atoms with Crippen LogP contribution < -0.4 is 5.32 Å². The fraction of sp³-hybridized carbons (Fsp3) is 0.353. The summed E-state index contributed by atoms with van der Waals surface area (Å²) in [7, 11) is 0. The number of hydrogen-bond donors (Lipinski definition) is 2. The zero-order chi connectivity index (χ0) is 17.5. The van der Waals surface area contributed by atoms with Crippen LogP contribution in [0.15, 0.2) is 42.9 Å². The van der Waals surface area contributed by atoms with Gasteiger partial charge in [0.1, 0.15) is 6.61 Å². The Kier molecular flexibility index (Phi) is 5.95. The molecule has 0 aliphatic rings. The lowest BCUT2D eigenvalue weighted by molar-refractivity contribution is -0.137. The summed E-state index contributed by atoms with van der Waals surface area (Å²) >= 11 is 0. The number of rotatable bonds is 7. The van der Waals surface area contributed by atoms with Crippen LogP contribution in [0.3, 0.4) is 0 Å². The molecule has 1 amide bonds. The Balaban J connectivity index is 2.04. The first kappa shape index (κ1) is 17.5. The van der Waals surface area contributed by atoms with Crippen LogP contribution in [0.4, 0.5) is 4.79 Å². The van der Waals surface area contributed by atoms with Crippen molar-refractivity contribution >= 4 is 12.1 Å². The third kappa shape index (κ3) is 4.84. The van der Waals surface area contributed by atoms with E-state index in [-0.39, 0.29) is 19.1 Å². The molecule has 0 spiro atoms. The van der Waals surface area contributed by atoms with Crippen LogP contribution in [0, 0.1) is 0 Å². The maximum Gasteiger partial charge on any atom is 0.408 e. The first-order valence-corrected chi connectivity index (χ1v) is 7.68. The number of ether oxygens (including phenoxy) is 1. The van der Waals surface area contributed by atoms with Gasteiger partial charge in [-0.1, -0.05) is 30.3 Å². The molecule has 1 aromatic heterocycles. The van der Waals surface area contributed by atoms with E-state index in [0.717, 1.165) is 5.56 Å². The maximum atomic E-state index is 12.0. The molecule has 1 aromatic carbocycles. The number of alkyl carbamates (subject to hydrolysis) is 1. The third-order valence-electron chi connectivity index (χ3n) is 3.49. The molecule has 7 heteroatoms. The molecule has 1 heterocycles. The Hall–Kier alpha value is -2.83. The zero-order valence-corrected chi connectivity index (χ0v) is 13.7. The molecule has 0 saturated carbocycles. The lowest BCUT2D eigenvalue weighted by Gasteiger charge is -2.20. The van der Waals surface area contributed by atoms with Crippen LogP contribution >= 0.6 is 0 Å². The number of aliphatic carboxylic acids is 1. The van der Waals surface area contributed by atoms with Crippen LogP contribution in [0.25, 0.3) is 0 Å². The first-order chi connectivity index (χ1) is 11.5. The number of carboxylic acids is 1. The molecule has 2 N–H and O–H groups in total. The number of hydrogen-bond acceptors (Lipinski definition) is 4. The number of nitrogens with zero attached hydrogens (tertiary/aromatic N) is 2. The van der Waals surface area contributed by atoms with Gasteiger partial charge in [0, 0.05) is 6.04 Å². The predicted molar refractivity (Wildman–Crippen MR) is 87.4 cm³/mol. The van der Waals surface area contributed by atoms with Gasteiger partial charge in [-0.05, 0) is 19.4 Å². The minimum Gasteiger partial charge on any atom is -0.481 e. The molecule has 0 aliphatic heterocycles. The first-order valence-electron chi connectivity index (χ1n) is 7.68. The van der Waals surface area contributed by atoms with Crippen LogP contribution in [-0.2, 0) is 16.1 Å². The van der Waals surface area contributed by atoms with E-state index in [4.69, 9.17) is 9.84 Å². The van der Waals surface area contributed by atoms with Gasteiger partial charge in [-0.15, -0.1) is 0 Å². The van der Waals surface area contributed by atoms with E-state index in [1.165, 1.54) is 0 Å². The van der Waals surface area contributed by atoms with Crippen LogP contribution in [0.1, 0.15) is 43.6 Å². The molecule has 0 bridgehead atoms. The second-order valence-corrected chi connectivity index (χ2v) is 5.68. The highest BCUT2D eigenvalue weighted by Crippen LogP contribution is 2.20. The number of benzene rings is 1. The molecule has 0 radical (unpaired) electrons. The topological polar surface area (TPSA) is 93.5 Å². The van der Waals surface area contributed by atoms with Gasteiger partial charge < -0.3 is 19.7 Å². The Morgan fingerprint density at radius 1 is 1.29 bits per heavy atom. The van der Waals surface area contributed by atoms with E-state index >= 15 is 0 Å². The van der Waals surface area contributed by atoms with Gasteiger partial charge in [0.25, 0.3) is 0 Å². The average Bonchev–Trinajstić information content (AvgIpc) is 3.03. The summed E-state index contributed by atoms with van der Waals surface area (Å²) in [5, 5.41) is 11.7. The van der Waals surface area contributed by atoms with Gasteiger partial charge in [-0.2, -0.15) is 0 Å². The summed E-state index contributed by atoms with van der Waals surface area (Å²) in [6.07, 6.45) is 2.26. The van der Waals surface area contributed by atoms with E-state index in [1.807, 2.05) is 48.7 Å². The van der Waals surface area contributed by atoms with Crippen molar-refractivity contribution in [3.63, 3.8) is 0 Å². The lowest BCUT2D eigenvalue weighted by atomic mass is 10.1. The van der Waals surface area contributed by atoms with E-state index in [9.17, 15) is 9.59 Å². The largest absolute Gasteiger partial charge is 0.481 e. The number of carbonyl (C=O) groups is 2. The Labute approximate surface area is 140 Å². The molecule has 0 fully saturated rings. The fourth-order valence-corrected chi connectivity index (χ4v) is 2.33. The van der Waals surface area contributed by atoms with Crippen molar-refractivity contribution < 1.29 is 19.4 Å². The highest BCUT2D eigenvalue weighted by atomic mass is 16.5. The standard InChI is InChI=1S/C17H21N3O4/c1-12(2)20-11-18-9-15(20)14(8-16(21)22)19-17(23)24-10-13-6-4-3-5-7-13/h3-7,9,11-12,14H,8,10H2,1-2H3,(H,19,23)(H,21,22)/t14-/m0/s1. The number of nitrogens with one attached hydrogen (secondary N) is 1. The zero-order valence-electron chi connectivity index (χ0n) is 13.7. The average molecular weight is 331 g/mol. The van der Waals surface area contributed by atoms with Crippen molar-refractivity contribution in [1.29, 1.82) is 0 Å². The van der Waals surface area contributed by atoms with Crippen molar-refractivity contribution in [3.8, 4) is 0 Å². The van der Waals surface area contributed by atoms with Gasteiger partial charge in [0.05, 0.1) is 30.7 Å². The molecule has 2 aromatic rings. The summed E-state index contributed by atoms with van der Waals surface area (Å²) in [5.41, 5.74) is 1.48. The minimum atomic E-state index is -1.01. The molecule has 7 nitrogen and oxygen atoms in total. The predicted octanol–water partition coefficient (Wildman–Crippen LogP) is 2.91.